The molecule has 3 nitrogen and oxygen atoms in total. The summed E-state index contributed by atoms with van der Waals surface area (Å²) in [5, 5.41) is 12.3. The predicted molar refractivity (Wildman–Crippen MR) is 71.6 cm³/mol. The highest BCUT2D eigenvalue weighted by Gasteiger charge is 2.00. The molecule has 0 radical (unpaired) electrons. The van der Waals surface area contributed by atoms with Crippen LogP contribution in [0.25, 0.3) is 0 Å². The van der Waals surface area contributed by atoms with Crippen molar-refractivity contribution in [3.8, 4) is 5.75 Å². The molecule has 0 saturated carbocycles. The van der Waals surface area contributed by atoms with Gasteiger partial charge in [0.15, 0.2) is 5.75 Å². The lowest BCUT2D eigenvalue weighted by Gasteiger charge is -2.08. The van der Waals surface area contributed by atoms with E-state index in [0.717, 1.165) is 24.9 Å². The topological polar surface area (TPSA) is 37.2 Å². The number of aryl methyl sites for hydroxylation is 2. The van der Waals surface area contributed by atoms with Crippen LogP contribution in [0.3, 0.4) is 0 Å². The molecule has 0 aliphatic rings. The lowest BCUT2D eigenvalue weighted by molar-refractivity contribution is 0.456. The number of hydrogen-bond donors (Lipinski definition) is 2. The first-order valence-electron chi connectivity index (χ1n) is 5.55. The van der Waals surface area contributed by atoms with Crippen LogP contribution in [-0.4, -0.2) is 23.8 Å². The summed E-state index contributed by atoms with van der Waals surface area (Å²) in [6, 6.07) is 1.89. The molecule has 0 atom stereocenters. The van der Waals surface area contributed by atoms with Gasteiger partial charge in [0.05, 0.1) is 0 Å². The lowest BCUT2D eigenvalue weighted by Crippen LogP contribution is -2.00. The molecule has 1 heterocycles. The highest BCUT2D eigenvalue weighted by atomic mass is 32.1. The molecule has 1 rings (SSSR count). The highest BCUT2D eigenvalue weighted by Crippen LogP contribution is 2.17. The van der Waals surface area contributed by atoms with Crippen molar-refractivity contribution < 1.29 is 5.11 Å². The number of nitrogens with one attached hydrogen (secondary N) is 1. The maximum atomic E-state index is 9.56. The van der Waals surface area contributed by atoms with Crippen LogP contribution in [0.15, 0.2) is 12.3 Å². The minimum absolute atomic E-state index is 0.244. The Kier molecular flexibility index (Phi) is 7.85. The van der Waals surface area contributed by atoms with E-state index in [-0.39, 0.29) is 5.75 Å². The van der Waals surface area contributed by atoms with Gasteiger partial charge < -0.3 is 15.0 Å². The van der Waals surface area contributed by atoms with Crippen LogP contribution in [0.2, 0.25) is 0 Å². The second-order valence-corrected chi connectivity index (χ2v) is 4.09. The fourth-order valence-corrected chi connectivity index (χ4v) is 1.47. The number of aromatic nitrogens is 1. The number of rotatable bonds is 3. The largest absolute Gasteiger partial charge is 0.505 e. The molecule has 92 valence electrons. The van der Waals surface area contributed by atoms with E-state index < -0.39 is 0 Å². The average molecular weight is 242 g/mol. The molecular formula is C12H22N2OS. The van der Waals surface area contributed by atoms with E-state index in [1.807, 2.05) is 37.8 Å². The van der Waals surface area contributed by atoms with E-state index in [1.165, 1.54) is 0 Å². The Bertz CT molecular complexity index is 361. The van der Waals surface area contributed by atoms with Gasteiger partial charge in [-0.25, -0.2) is 0 Å². The van der Waals surface area contributed by atoms with E-state index in [2.05, 4.69) is 12.2 Å². The van der Waals surface area contributed by atoms with Gasteiger partial charge in [-0.3, -0.25) is 0 Å². The van der Waals surface area contributed by atoms with Gasteiger partial charge in [0.25, 0.3) is 0 Å². The van der Waals surface area contributed by atoms with Crippen molar-refractivity contribution in [3.05, 3.63) is 22.5 Å². The minimum atomic E-state index is 0.244. The van der Waals surface area contributed by atoms with Crippen LogP contribution in [0.1, 0.15) is 25.3 Å². The fourth-order valence-electron chi connectivity index (χ4n) is 1.16. The zero-order chi connectivity index (χ0) is 12.6. The third-order valence-corrected chi connectivity index (χ3v) is 2.52. The molecule has 1 aromatic heterocycles. The van der Waals surface area contributed by atoms with Crippen LogP contribution >= 0.6 is 12.2 Å². The zero-order valence-electron chi connectivity index (χ0n) is 10.6. The van der Waals surface area contributed by atoms with Gasteiger partial charge in [0, 0.05) is 12.7 Å². The van der Waals surface area contributed by atoms with Crippen molar-refractivity contribution in [1.82, 2.24) is 9.88 Å². The first-order valence-corrected chi connectivity index (χ1v) is 5.96. The number of hydrogen-bond acceptors (Lipinski definition) is 3. The van der Waals surface area contributed by atoms with Gasteiger partial charge in [0.1, 0.15) is 4.64 Å². The molecule has 0 fully saturated rings. The minimum Gasteiger partial charge on any atom is -0.505 e. The van der Waals surface area contributed by atoms with E-state index in [4.69, 9.17) is 12.2 Å². The first-order chi connectivity index (χ1) is 7.58. The van der Waals surface area contributed by atoms with E-state index in [9.17, 15) is 5.11 Å². The zero-order valence-corrected chi connectivity index (χ0v) is 11.4. The van der Waals surface area contributed by atoms with Crippen molar-refractivity contribution >= 4 is 12.2 Å². The molecule has 0 saturated heterocycles. The number of aromatic hydroxyl groups is 1. The van der Waals surface area contributed by atoms with Gasteiger partial charge in [-0.1, -0.05) is 25.6 Å². The second-order valence-electron chi connectivity index (χ2n) is 3.70. The van der Waals surface area contributed by atoms with Gasteiger partial charge in [-0.05, 0) is 39.1 Å². The summed E-state index contributed by atoms with van der Waals surface area (Å²) in [5.41, 5.74) is 0.845. The van der Waals surface area contributed by atoms with Gasteiger partial charge in [-0.15, -0.1) is 0 Å². The highest BCUT2D eigenvalue weighted by molar-refractivity contribution is 7.71. The molecule has 0 aromatic carbocycles. The Morgan fingerprint density at radius 1 is 1.44 bits per heavy atom. The Hall–Kier alpha value is -0.870. The summed E-state index contributed by atoms with van der Waals surface area (Å²) in [4.78, 5) is 0. The molecule has 0 bridgehead atoms. The van der Waals surface area contributed by atoms with Crippen molar-refractivity contribution in [2.75, 3.05) is 14.1 Å². The summed E-state index contributed by atoms with van der Waals surface area (Å²) >= 11 is 5.11. The number of pyridine rings is 1. The van der Waals surface area contributed by atoms with Crippen molar-refractivity contribution in [2.45, 2.75) is 33.2 Å². The summed E-state index contributed by atoms with van der Waals surface area (Å²) in [7, 11) is 3.75. The molecular weight excluding hydrogens is 220 g/mol. The number of nitrogens with zero attached hydrogens (tertiary/aromatic N) is 1. The Morgan fingerprint density at radius 3 is 2.50 bits per heavy atom. The van der Waals surface area contributed by atoms with E-state index >= 15 is 0 Å². The predicted octanol–water partition coefficient (Wildman–Crippen LogP) is 2.87. The quantitative estimate of drug-likeness (QED) is 0.800. The molecule has 16 heavy (non-hydrogen) atoms. The second kappa shape index (κ2) is 8.30. The van der Waals surface area contributed by atoms with Crippen LogP contribution in [0.5, 0.6) is 5.75 Å². The average Bonchev–Trinajstić information content (AvgIpc) is 2.26. The monoisotopic (exact) mass is 242 g/mol. The van der Waals surface area contributed by atoms with Crippen LogP contribution in [0.4, 0.5) is 0 Å². The third kappa shape index (κ3) is 4.77. The van der Waals surface area contributed by atoms with Crippen LogP contribution < -0.4 is 5.32 Å². The van der Waals surface area contributed by atoms with Crippen molar-refractivity contribution in [3.63, 3.8) is 0 Å². The molecule has 0 aliphatic heterocycles. The van der Waals surface area contributed by atoms with Crippen LogP contribution in [0, 0.1) is 11.6 Å². The molecule has 0 aliphatic carbocycles. The summed E-state index contributed by atoms with van der Waals surface area (Å²) in [5.74, 6) is 0.244. The van der Waals surface area contributed by atoms with Gasteiger partial charge >= 0.3 is 0 Å². The standard InChI is InChI=1S/C10H15NOS.C2H7N/c1-3-4-6-11-7-5-8(2)9(12)10(11)13;1-3-2/h5,7,12H,3-4,6H2,1-2H3;3H,1-2H3. The fraction of sp³-hybridized carbons (Fsp3) is 0.583. The number of unbranched alkanes of at least 4 members (excludes halogenated alkanes) is 1. The molecule has 1 aromatic rings. The normalized spacial score (nSPS) is 9.50. The van der Waals surface area contributed by atoms with E-state index in [1.54, 1.807) is 0 Å². The van der Waals surface area contributed by atoms with Crippen molar-refractivity contribution in [2.24, 2.45) is 0 Å². The lowest BCUT2D eigenvalue weighted by atomic mass is 10.2. The smallest absolute Gasteiger partial charge is 0.153 e. The van der Waals surface area contributed by atoms with Gasteiger partial charge in [-0.2, -0.15) is 0 Å². The molecule has 2 N–H and O–H groups in total. The maximum absolute atomic E-state index is 9.56. The molecule has 4 heteroatoms. The third-order valence-electron chi connectivity index (χ3n) is 2.09. The Morgan fingerprint density at radius 2 is 2.00 bits per heavy atom. The van der Waals surface area contributed by atoms with E-state index in [0.29, 0.717) is 4.64 Å². The maximum Gasteiger partial charge on any atom is 0.153 e. The summed E-state index contributed by atoms with van der Waals surface area (Å²) in [6.45, 7) is 4.89. The first kappa shape index (κ1) is 15.1. The molecule has 0 spiro atoms. The molecule has 0 unspecified atom stereocenters. The SMILES string of the molecule is CCCCn1ccc(C)c(O)c1=S.CNC. The Labute approximate surface area is 103 Å². The van der Waals surface area contributed by atoms with Crippen LogP contribution in [-0.2, 0) is 6.54 Å². The van der Waals surface area contributed by atoms with Crippen molar-refractivity contribution in [1.29, 1.82) is 0 Å². The van der Waals surface area contributed by atoms with Gasteiger partial charge in [0.2, 0.25) is 0 Å². The molecule has 0 amide bonds. The Balaban J connectivity index is 0.000000673. The summed E-state index contributed by atoms with van der Waals surface area (Å²) < 4.78 is 2.47. The summed E-state index contributed by atoms with van der Waals surface area (Å²) in [6.07, 6.45) is 4.17.